The molecule has 0 saturated heterocycles. The van der Waals surface area contributed by atoms with Gasteiger partial charge in [-0.25, -0.2) is 29.0 Å². The van der Waals surface area contributed by atoms with Crippen LogP contribution in [0.1, 0.15) is 90.6 Å². The largest absolute Gasteiger partial charge is 0.543 e. The molecule has 0 fully saturated rings. The first kappa shape index (κ1) is 33.0. The maximum atomic E-state index is 11.8. The van der Waals surface area contributed by atoms with E-state index in [4.69, 9.17) is 9.47 Å². The van der Waals surface area contributed by atoms with Crippen LogP contribution in [0.5, 0.6) is 0 Å². The van der Waals surface area contributed by atoms with Crippen LogP contribution >= 0.6 is 0 Å². The molecule has 12 heteroatoms. The second-order valence-electron chi connectivity index (χ2n) is 8.90. The molecular formula is C29H36O12. The van der Waals surface area contributed by atoms with Gasteiger partial charge < -0.3 is 9.47 Å². The Bertz CT molecular complexity index is 981. The van der Waals surface area contributed by atoms with Crippen molar-refractivity contribution in [3.8, 4) is 0 Å². The highest BCUT2D eigenvalue weighted by atomic mass is 17.5. The van der Waals surface area contributed by atoms with Gasteiger partial charge in [-0.1, -0.05) is 70.2 Å². The number of hydrogen-bond donors (Lipinski definition) is 0. The Kier molecular flexibility index (Phi) is 16.0. The van der Waals surface area contributed by atoms with Crippen molar-refractivity contribution in [2.45, 2.75) is 71.6 Å². The molecule has 0 heterocycles. The molecular weight excluding hydrogens is 540 g/mol. The van der Waals surface area contributed by atoms with E-state index in [0.29, 0.717) is 12.8 Å². The van der Waals surface area contributed by atoms with E-state index in [1.54, 1.807) is 24.3 Å². The normalized spacial score (nSPS) is 10.4. The highest BCUT2D eigenvalue weighted by Crippen LogP contribution is 2.10. The molecule has 0 radical (unpaired) electrons. The molecule has 12 nitrogen and oxygen atoms in total. The van der Waals surface area contributed by atoms with E-state index in [9.17, 15) is 19.2 Å². The topological polar surface area (TPSA) is 142 Å². The van der Waals surface area contributed by atoms with Crippen molar-refractivity contribution in [3.05, 3.63) is 70.8 Å². The van der Waals surface area contributed by atoms with Crippen molar-refractivity contribution < 1.29 is 58.3 Å². The van der Waals surface area contributed by atoms with E-state index in [2.05, 4.69) is 43.5 Å². The predicted octanol–water partition coefficient (Wildman–Crippen LogP) is 6.56. The number of hydrogen-bond acceptors (Lipinski definition) is 12. The predicted molar refractivity (Wildman–Crippen MR) is 142 cm³/mol. The Morgan fingerprint density at radius 1 is 0.512 bits per heavy atom. The number of unbranched alkanes of at least 4 members (excludes halogenated alkanes) is 4. The number of rotatable bonds is 18. The van der Waals surface area contributed by atoms with Crippen LogP contribution in [-0.4, -0.2) is 37.5 Å². The first-order valence-corrected chi connectivity index (χ1v) is 13.5. The fraction of sp³-hybridized carbons (Fsp3) is 0.448. The summed E-state index contributed by atoms with van der Waals surface area (Å²) in [7, 11) is 0. The lowest BCUT2D eigenvalue weighted by atomic mass is 10.1. The minimum absolute atomic E-state index is 0.0802. The summed E-state index contributed by atoms with van der Waals surface area (Å²) in [5.41, 5.74) is 2.69. The van der Waals surface area contributed by atoms with Crippen molar-refractivity contribution in [2.75, 3.05) is 13.2 Å². The highest BCUT2D eigenvalue weighted by molar-refractivity contribution is 5.89. The van der Waals surface area contributed by atoms with Crippen LogP contribution in [0.25, 0.3) is 0 Å². The molecule has 224 valence electrons. The molecule has 0 aliphatic carbocycles. The summed E-state index contributed by atoms with van der Waals surface area (Å²) in [5, 5.41) is 8.38. The molecule has 41 heavy (non-hydrogen) atoms. The monoisotopic (exact) mass is 576 g/mol. The van der Waals surface area contributed by atoms with E-state index in [0.717, 1.165) is 56.1 Å². The molecule has 0 aromatic heterocycles. The van der Waals surface area contributed by atoms with Crippen molar-refractivity contribution in [1.29, 1.82) is 0 Å². The molecule has 0 aliphatic heterocycles. The molecule has 2 aromatic rings. The van der Waals surface area contributed by atoms with E-state index in [1.165, 1.54) is 0 Å². The number of carbonyl (C=O) groups is 4. The van der Waals surface area contributed by atoms with Crippen LogP contribution in [0, 0.1) is 0 Å². The molecule has 0 unspecified atom stereocenters. The standard InChI is InChI=1S/C29H36O12/c1-3-10-22-12-16-24(17-13-22)26(30)36-40-38-28(32)34-20-8-6-5-7-9-21-35-29(33)39-41-37-27(31)25-18-14-23(11-4-2)15-19-25/h12-19H,3-11,20-21H2,1-2H3. The SMILES string of the molecule is CCCc1ccc(C(=O)OOOC(=O)OCCCCCCCOC(=O)OOOC(=O)c2ccc(CCC)cc2)cc1. The smallest absolute Gasteiger partial charge is 0.432 e. The molecule has 0 aliphatic rings. The first-order valence-electron chi connectivity index (χ1n) is 13.5. The summed E-state index contributed by atoms with van der Waals surface area (Å²) in [4.78, 5) is 64.0. The molecule has 0 amide bonds. The molecule has 2 aromatic carbocycles. The summed E-state index contributed by atoms with van der Waals surface area (Å²) in [6, 6.07) is 13.6. The summed E-state index contributed by atoms with van der Waals surface area (Å²) in [6.45, 7) is 4.28. The van der Waals surface area contributed by atoms with Crippen LogP contribution in [0.2, 0.25) is 0 Å². The van der Waals surface area contributed by atoms with Crippen LogP contribution in [0.4, 0.5) is 9.59 Å². The Morgan fingerprint density at radius 2 is 0.878 bits per heavy atom. The maximum absolute atomic E-state index is 11.8. The van der Waals surface area contributed by atoms with Gasteiger partial charge in [0, 0.05) is 0 Å². The van der Waals surface area contributed by atoms with Crippen molar-refractivity contribution in [2.24, 2.45) is 0 Å². The van der Waals surface area contributed by atoms with E-state index in [-0.39, 0.29) is 24.3 Å². The maximum Gasteiger partial charge on any atom is 0.543 e. The van der Waals surface area contributed by atoms with Gasteiger partial charge in [-0.05, 0) is 61.1 Å². The van der Waals surface area contributed by atoms with Crippen LogP contribution in [0.15, 0.2) is 48.5 Å². The minimum atomic E-state index is -1.14. The second-order valence-corrected chi connectivity index (χ2v) is 8.90. The van der Waals surface area contributed by atoms with Gasteiger partial charge in [0.1, 0.15) is 0 Å². The Hall–Kier alpha value is -4.16. The van der Waals surface area contributed by atoms with E-state index in [1.807, 2.05) is 24.3 Å². The van der Waals surface area contributed by atoms with Gasteiger partial charge in [0.15, 0.2) is 0 Å². The van der Waals surface area contributed by atoms with Gasteiger partial charge in [-0.2, -0.15) is 0 Å². The van der Waals surface area contributed by atoms with Gasteiger partial charge in [-0.15, -0.1) is 0 Å². The zero-order valence-electron chi connectivity index (χ0n) is 23.3. The third kappa shape index (κ3) is 14.2. The quantitative estimate of drug-likeness (QED) is 0.0821. The van der Waals surface area contributed by atoms with Gasteiger partial charge in [0.25, 0.3) is 0 Å². The van der Waals surface area contributed by atoms with Crippen molar-refractivity contribution >= 4 is 24.2 Å². The first-order chi connectivity index (χ1) is 19.9. The third-order valence-corrected chi connectivity index (χ3v) is 5.61. The molecule has 0 saturated carbocycles. The van der Waals surface area contributed by atoms with Gasteiger partial charge in [0.2, 0.25) is 0 Å². The Morgan fingerprint density at radius 3 is 1.24 bits per heavy atom. The third-order valence-electron chi connectivity index (χ3n) is 5.61. The number of ether oxygens (including phenoxy) is 2. The van der Waals surface area contributed by atoms with Gasteiger partial charge >= 0.3 is 24.2 Å². The fourth-order valence-electron chi connectivity index (χ4n) is 3.53. The number of aryl methyl sites for hydroxylation is 2. The molecule has 0 N–H and O–H groups in total. The molecule has 2 rings (SSSR count). The number of carbonyl (C=O) groups excluding carboxylic acids is 4. The molecule has 0 bridgehead atoms. The van der Waals surface area contributed by atoms with Crippen molar-refractivity contribution in [1.82, 2.24) is 0 Å². The lowest BCUT2D eigenvalue weighted by Gasteiger charge is -2.06. The van der Waals surface area contributed by atoms with Gasteiger partial charge in [0.05, 0.1) is 34.4 Å². The average molecular weight is 577 g/mol. The highest BCUT2D eigenvalue weighted by Gasteiger charge is 2.13. The lowest BCUT2D eigenvalue weighted by molar-refractivity contribution is -0.452. The molecule has 0 spiro atoms. The lowest BCUT2D eigenvalue weighted by Crippen LogP contribution is -2.13. The Labute approximate surface area is 238 Å². The van der Waals surface area contributed by atoms with Crippen LogP contribution in [-0.2, 0) is 51.9 Å². The summed E-state index contributed by atoms with van der Waals surface area (Å²) >= 11 is 0. The van der Waals surface area contributed by atoms with Crippen molar-refractivity contribution in [3.63, 3.8) is 0 Å². The zero-order chi connectivity index (χ0) is 29.7. The summed E-state index contributed by atoms with van der Waals surface area (Å²) in [5.74, 6) is -1.62. The summed E-state index contributed by atoms with van der Waals surface area (Å²) in [6.07, 6.45) is 4.88. The average Bonchev–Trinajstić information content (AvgIpc) is 2.97. The van der Waals surface area contributed by atoms with E-state index < -0.39 is 24.2 Å². The van der Waals surface area contributed by atoms with E-state index >= 15 is 0 Å². The Balaban J connectivity index is 1.40. The fourth-order valence-corrected chi connectivity index (χ4v) is 3.53. The molecule has 0 atom stereocenters. The second kappa shape index (κ2) is 19.8. The van der Waals surface area contributed by atoms with Gasteiger partial charge in [-0.3, -0.25) is 9.78 Å². The summed E-state index contributed by atoms with van der Waals surface area (Å²) < 4.78 is 9.63. The van der Waals surface area contributed by atoms with Crippen LogP contribution in [0.3, 0.4) is 0 Å². The number of benzene rings is 2. The van der Waals surface area contributed by atoms with Crippen LogP contribution < -0.4 is 0 Å². The zero-order valence-corrected chi connectivity index (χ0v) is 23.3. The minimum Gasteiger partial charge on any atom is -0.432 e.